The number of benzene rings is 1. The maximum absolute atomic E-state index is 12.0. The lowest BCUT2D eigenvalue weighted by Gasteiger charge is -2.15. The highest BCUT2D eigenvalue weighted by Crippen LogP contribution is 2.31. The van der Waals surface area contributed by atoms with Crippen molar-refractivity contribution in [1.29, 1.82) is 0 Å². The van der Waals surface area contributed by atoms with Crippen molar-refractivity contribution in [3.8, 4) is 11.5 Å². The Balaban J connectivity index is 2.50. The minimum Gasteiger partial charge on any atom is -0.456 e. The van der Waals surface area contributed by atoms with Crippen molar-refractivity contribution in [3.63, 3.8) is 0 Å². The van der Waals surface area contributed by atoms with Crippen LogP contribution in [0.5, 0.6) is 11.5 Å². The molecule has 0 unspecified atom stereocenters. The molecule has 2 rings (SSSR count). The van der Waals surface area contributed by atoms with Gasteiger partial charge >= 0.3 is 0 Å². The highest BCUT2D eigenvalue weighted by atomic mass is 127. The van der Waals surface area contributed by atoms with Crippen molar-refractivity contribution in [2.75, 3.05) is 6.61 Å². The molecule has 0 atom stereocenters. The topological polar surface area (TPSA) is 51.3 Å². The summed E-state index contributed by atoms with van der Waals surface area (Å²) in [6.45, 7) is 8.87. The molecule has 0 fully saturated rings. The molecule has 0 amide bonds. The number of aromatic nitrogens is 1. The predicted molar refractivity (Wildman–Crippen MR) is 95.8 cm³/mol. The van der Waals surface area contributed by atoms with Gasteiger partial charge < -0.3 is 14.5 Å². The van der Waals surface area contributed by atoms with E-state index in [4.69, 9.17) is 9.47 Å². The van der Waals surface area contributed by atoms with E-state index in [-0.39, 0.29) is 5.56 Å². The fourth-order valence-corrected chi connectivity index (χ4v) is 2.87. The summed E-state index contributed by atoms with van der Waals surface area (Å²) < 4.78 is 12.1. The molecule has 0 aliphatic rings. The Morgan fingerprint density at radius 2 is 1.77 bits per heavy atom. The van der Waals surface area contributed by atoms with Gasteiger partial charge in [0.15, 0.2) is 5.75 Å². The fraction of sp³-hybridized carbons (Fsp3) is 0.353. The van der Waals surface area contributed by atoms with Crippen LogP contribution in [0.2, 0.25) is 0 Å². The van der Waals surface area contributed by atoms with Crippen LogP contribution in [-0.4, -0.2) is 11.6 Å². The van der Waals surface area contributed by atoms with Gasteiger partial charge in [0.25, 0.3) is 5.56 Å². The molecule has 1 heterocycles. The number of hydrogen-bond acceptors (Lipinski definition) is 3. The van der Waals surface area contributed by atoms with Crippen LogP contribution in [0.15, 0.2) is 23.0 Å². The van der Waals surface area contributed by atoms with Gasteiger partial charge in [-0.25, -0.2) is 0 Å². The SMILES string of the molecule is CCOCc1c(C)[nH]c(=O)c(I)c1Oc1cc(C)cc(C)c1. The van der Waals surface area contributed by atoms with Crippen molar-refractivity contribution in [3.05, 3.63) is 54.5 Å². The van der Waals surface area contributed by atoms with Gasteiger partial charge in [-0.15, -0.1) is 0 Å². The maximum atomic E-state index is 12.0. The van der Waals surface area contributed by atoms with Gasteiger partial charge in [-0.2, -0.15) is 0 Å². The van der Waals surface area contributed by atoms with Crippen molar-refractivity contribution in [1.82, 2.24) is 4.98 Å². The molecule has 4 nitrogen and oxygen atoms in total. The van der Waals surface area contributed by atoms with E-state index < -0.39 is 0 Å². The monoisotopic (exact) mass is 413 g/mol. The highest BCUT2D eigenvalue weighted by molar-refractivity contribution is 14.1. The molecule has 0 saturated heterocycles. The highest BCUT2D eigenvalue weighted by Gasteiger charge is 2.16. The van der Waals surface area contributed by atoms with Gasteiger partial charge in [-0.1, -0.05) is 6.07 Å². The Kier molecular flexibility index (Phi) is 5.63. The lowest BCUT2D eigenvalue weighted by Crippen LogP contribution is -2.16. The largest absolute Gasteiger partial charge is 0.456 e. The zero-order chi connectivity index (χ0) is 16.3. The molecule has 1 aromatic heterocycles. The van der Waals surface area contributed by atoms with Crippen molar-refractivity contribution in [2.45, 2.75) is 34.3 Å². The lowest BCUT2D eigenvalue weighted by atomic mass is 10.1. The molecule has 22 heavy (non-hydrogen) atoms. The van der Waals surface area contributed by atoms with E-state index in [0.717, 1.165) is 28.1 Å². The molecule has 1 N–H and O–H groups in total. The van der Waals surface area contributed by atoms with Crippen LogP contribution in [0.1, 0.15) is 29.3 Å². The summed E-state index contributed by atoms with van der Waals surface area (Å²) in [4.78, 5) is 14.9. The molecule has 0 aliphatic heterocycles. The third-order valence-electron chi connectivity index (χ3n) is 3.29. The number of nitrogens with one attached hydrogen (secondary N) is 1. The van der Waals surface area contributed by atoms with E-state index in [1.165, 1.54) is 0 Å². The quantitative estimate of drug-likeness (QED) is 0.747. The Morgan fingerprint density at radius 3 is 2.36 bits per heavy atom. The Bertz CT molecular complexity index is 717. The molecule has 0 spiro atoms. The third kappa shape index (κ3) is 3.89. The van der Waals surface area contributed by atoms with Crippen molar-refractivity contribution >= 4 is 22.6 Å². The molecule has 5 heteroatoms. The van der Waals surface area contributed by atoms with Crippen LogP contribution >= 0.6 is 22.6 Å². The van der Waals surface area contributed by atoms with Crippen LogP contribution in [-0.2, 0) is 11.3 Å². The molecule has 0 aliphatic carbocycles. The predicted octanol–water partition coefficient (Wildman–Crippen LogP) is 4.23. The van der Waals surface area contributed by atoms with Gasteiger partial charge in [-0.3, -0.25) is 4.79 Å². The van der Waals surface area contributed by atoms with E-state index in [1.54, 1.807) is 0 Å². The molecule has 0 saturated carbocycles. The van der Waals surface area contributed by atoms with Crippen LogP contribution in [0, 0.1) is 24.3 Å². The first-order chi connectivity index (χ1) is 10.4. The first-order valence-corrected chi connectivity index (χ1v) is 8.25. The second-order valence-corrected chi connectivity index (χ2v) is 6.34. The summed E-state index contributed by atoms with van der Waals surface area (Å²) in [6, 6.07) is 6.01. The summed E-state index contributed by atoms with van der Waals surface area (Å²) >= 11 is 2.02. The molecule has 1 aromatic carbocycles. The molecular weight excluding hydrogens is 393 g/mol. The van der Waals surface area contributed by atoms with Gasteiger partial charge in [0.1, 0.15) is 9.32 Å². The summed E-state index contributed by atoms with van der Waals surface area (Å²) in [6.07, 6.45) is 0. The Morgan fingerprint density at radius 1 is 1.14 bits per heavy atom. The van der Waals surface area contributed by atoms with Crippen LogP contribution < -0.4 is 10.3 Å². The van der Waals surface area contributed by atoms with E-state index >= 15 is 0 Å². The number of aromatic amines is 1. The van der Waals surface area contributed by atoms with Crippen LogP contribution in [0.25, 0.3) is 0 Å². The normalized spacial score (nSPS) is 10.8. The number of pyridine rings is 1. The smallest absolute Gasteiger partial charge is 0.265 e. The van der Waals surface area contributed by atoms with Gasteiger partial charge in [0, 0.05) is 17.9 Å². The number of hydrogen-bond donors (Lipinski definition) is 1. The number of rotatable bonds is 5. The first kappa shape index (κ1) is 17.0. The number of aryl methyl sites for hydroxylation is 3. The molecular formula is C17H20INO3. The van der Waals surface area contributed by atoms with Gasteiger partial charge in [0.2, 0.25) is 0 Å². The van der Waals surface area contributed by atoms with E-state index in [2.05, 4.69) is 11.1 Å². The van der Waals surface area contributed by atoms with Crippen LogP contribution in [0.3, 0.4) is 0 Å². The second kappa shape index (κ2) is 7.28. The molecule has 118 valence electrons. The summed E-state index contributed by atoms with van der Waals surface area (Å²) in [7, 11) is 0. The lowest BCUT2D eigenvalue weighted by molar-refractivity contribution is 0.131. The molecule has 0 radical (unpaired) electrons. The average molecular weight is 413 g/mol. The van der Waals surface area contributed by atoms with Gasteiger partial charge in [0.05, 0.1) is 6.61 Å². The fourth-order valence-electron chi connectivity index (χ4n) is 2.30. The average Bonchev–Trinajstić information content (AvgIpc) is 2.43. The summed E-state index contributed by atoms with van der Waals surface area (Å²) in [5.74, 6) is 1.32. The minimum absolute atomic E-state index is 0.141. The molecule has 0 bridgehead atoms. The second-order valence-electron chi connectivity index (χ2n) is 5.26. The zero-order valence-electron chi connectivity index (χ0n) is 13.2. The first-order valence-electron chi connectivity index (χ1n) is 7.17. The van der Waals surface area contributed by atoms with E-state index in [1.807, 2.05) is 62.4 Å². The Hall–Kier alpha value is -1.34. The minimum atomic E-state index is -0.141. The van der Waals surface area contributed by atoms with E-state index in [0.29, 0.717) is 22.5 Å². The van der Waals surface area contributed by atoms with Crippen molar-refractivity contribution in [2.24, 2.45) is 0 Å². The number of halogens is 1. The van der Waals surface area contributed by atoms with Crippen molar-refractivity contribution < 1.29 is 9.47 Å². The summed E-state index contributed by atoms with van der Waals surface area (Å²) in [5.41, 5.74) is 3.76. The van der Waals surface area contributed by atoms with E-state index in [9.17, 15) is 4.79 Å². The number of ether oxygens (including phenoxy) is 2. The molecule has 2 aromatic rings. The Labute approximate surface area is 144 Å². The van der Waals surface area contributed by atoms with Gasteiger partial charge in [-0.05, 0) is 73.5 Å². The standard InChI is InChI=1S/C17H20INO3/c1-5-21-9-14-12(4)19-17(20)15(18)16(14)22-13-7-10(2)6-11(3)8-13/h6-8H,5,9H2,1-4H3,(H,19,20). The maximum Gasteiger partial charge on any atom is 0.265 e. The number of H-pyrrole nitrogens is 1. The zero-order valence-corrected chi connectivity index (χ0v) is 15.4. The summed E-state index contributed by atoms with van der Waals surface area (Å²) in [5, 5.41) is 0. The third-order valence-corrected chi connectivity index (χ3v) is 4.27. The van der Waals surface area contributed by atoms with Crippen LogP contribution in [0.4, 0.5) is 0 Å².